The van der Waals surface area contributed by atoms with Crippen molar-refractivity contribution in [1.82, 2.24) is 15.5 Å². The van der Waals surface area contributed by atoms with Gasteiger partial charge in [-0.2, -0.15) is 0 Å². The molecule has 1 aliphatic rings. The average Bonchev–Trinajstić information content (AvgIpc) is 2.80. The highest BCUT2D eigenvalue weighted by Gasteiger charge is 2.29. The largest absolute Gasteiger partial charge is 0.352 e. The number of nitrogens with zero attached hydrogens (tertiary/aromatic N) is 2. The van der Waals surface area contributed by atoms with Gasteiger partial charge in [-0.15, -0.1) is 10.2 Å². The summed E-state index contributed by atoms with van der Waals surface area (Å²) in [6.45, 7) is 8.40. The lowest BCUT2D eigenvalue weighted by Gasteiger charge is -2.35. The molecule has 4 atom stereocenters. The lowest BCUT2D eigenvalue weighted by atomic mass is 9.78. The van der Waals surface area contributed by atoms with Crippen LogP contribution in [0, 0.1) is 18.8 Å². The van der Waals surface area contributed by atoms with E-state index in [0.717, 1.165) is 15.8 Å². The number of aryl methyl sites for hydroxylation is 1. The minimum atomic E-state index is -0.119. The number of carbonyl (C=O) groups excluding carboxylic acids is 1. The van der Waals surface area contributed by atoms with Crippen LogP contribution in [-0.2, 0) is 4.79 Å². The summed E-state index contributed by atoms with van der Waals surface area (Å²) in [5, 5.41) is 12.1. The highest BCUT2D eigenvalue weighted by molar-refractivity contribution is 8.02. The quantitative estimate of drug-likeness (QED) is 0.867. The van der Waals surface area contributed by atoms with E-state index in [0.29, 0.717) is 17.9 Å². The van der Waals surface area contributed by atoms with Crippen LogP contribution in [0.3, 0.4) is 0 Å². The molecule has 1 N–H and O–H groups in total. The van der Waals surface area contributed by atoms with E-state index in [1.54, 1.807) is 11.3 Å². The maximum absolute atomic E-state index is 12.3. The first kappa shape index (κ1) is 15.8. The van der Waals surface area contributed by atoms with Crippen molar-refractivity contribution in [3.8, 4) is 0 Å². The van der Waals surface area contributed by atoms with E-state index < -0.39 is 0 Å². The molecule has 0 saturated heterocycles. The Balaban J connectivity index is 1.87. The molecule has 1 fully saturated rings. The molecule has 0 spiro atoms. The average molecular weight is 313 g/mol. The van der Waals surface area contributed by atoms with E-state index in [2.05, 4.69) is 29.4 Å². The molecule has 112 valence electrons. The van der Waals surface area contributed by atoms with E-state index in [9.17, 15) is 4.79 Å². The lowest BCUT2D eigenvalue weighted by Crippen LogP contribution is -2.46. The normalized spacial score (nSPS) is 28.1. The number of nitrogens with one attached hydrogen (secondary N) is 1. The van der Waals surface area contributed by atoms with Gasteiger partial charge in [-0.1, -0.05) is 49.8 Å². The summed E-state index contributed by atoms with van der Waals surface area (Å²) in [7, 11) is 0. The van der Waals surface area contributed by atoms with Crippen LogP contribution in [0.1, 0.15) is 45.0 Å². The molecule has 1 heterocycles. The van der Waals surface area contributed by atoms with Gasteiger partial charge in [0, 0.05) is 6.04 Å². The summed E-state index contributed by atoms with van der Waals surface area (Å²) >= 11 is 3.04. The van der Waals surface area contributed by atoms with Gasteiger partial charge < -0.3 is 5.32 Å². The molecule has 20 heavy (non-hydrogen) atoms. The Hall–Kier alpha value is -0.620. The van der Waals surface area contributed by atoms with Gasteiger partial charge in [-0.25, -0.2) is 0 Å². The second kappa shape index (κ2) is 6.89. The summed E-state index contributed by atoms with van der Waals surface area (Å²) in [6, 6.07) is 0.324. The molecule has 4 nitrogen and oxygen atoms in total. The molecule has 0 radical (unpaired) electrons. The van der Waals surface area contributed by atoms with Gasteiger partial charge in [0.1, 0.15) is 5.01 Å². The van der Waals surface area contributed by atoms with E-state index in [1.165, 1.54) is 24.6 Å². The maximum atomic E-state index is 12.3. The molecular formula is C14H23N3OS2. The molecular weight excluding hydrogens is 290 g/mol. The van der Waals surface area contributed by atoms with Crippen molar-refractivity contribution in [2.24, 2.45) is 11.8 Å². The summed E-state index contributed by atoms with van der Waals surface area (Å²) in [4.78, 5) is 12.3. The van der Waals surface area contributed by atoms with Crippen molar-refractivity contribution >= 4 is 29.0 Å². The Morgan fingerprint density at radius 2 is 2.15 bits per heavy atom. The van der Waals surface area contributed by atoms with Crippen LogP contribution in [-0.4, -0.2) is 27.4 Å². The molecule has 1 amide bonds. The van der Waals surface area contributed by atoms with Crippen molar-refractivity contribution < 1.29 is 4.79 Å². The zero-order chi connectivity index (χ0) is 14.7. The van der Waals surface area contributed by atoms with Crippen LogP contribution in [0.5, 0.6) is 0 Å². The fraction of sp³-hybridized carbons (Fsp3) is 0.786. The van der Waals surface area contributed by atoms with Crippen LogP contribution in [0.25, 0.3) is 0 Å². The number of aromatic nitrogens is 2. The Labute approximate surface area is 129 Å². The van der Waals surface area contributed by atoms with E-state index in [-0.39, 0.29) is 11.2 Å². The van der Waals surface area contributed by atoms with Crippen molar-refractivity contribution in [1.29, 1.82) is 0 Å². The van der Waals surface area contributed by atoms with E-state index in [4.69, 9.17) is 0 Å². The summed E-state index contributed by atoms with van der Waals surface area (Å²) < 4.78 is 0.871. The van der Waals surface area contributed by atoms with Crippen LogP contribution in [0.4, 0.5) is 0 Å². The Morgan fingerprint density at radius 1 is 1.40 bits per heavy atom. The van der Waals surface area contributed by atoms with Gasteiger partial charge in [0.15, 0.2) is 4.34 Å². The molecule has 1 aromatic heterocycles. The second-order valence-electron chi connectivity index (χ2n) is 5.73. The highest BCUT2D eigenvalue weighted by atomic mass is 32.2. The monoisotopic (exact) mass is 313 g/mol. The highest BCUT2D eigenvalue weighted by Crippen LogP contribution is 2.30. The van der Waals surface area contributed by atoms with E-state index >= 15 is 0 Å². The number of rotatable bonds is 4. The van der Waals surface area contributed by atoms with Crippen molar-refractivity contribution in [2.75, 3.05) is 0 Å². The third kappa shape index (κ3) is 3.95. The second-order valence-corrected chi connectivity index (χ2v) is 8.50. The third-order valence-corrected chi connectivity index (χ3v) is 6.21. The maximum Gasteiger partial charge on any atom is 0.233 e. The minimum absolute atomic E-state index is 0.119. The molecule has 2 rings (SSSR count). The molecule has 1 saturated carbocycles. The molecule has 0 aliphatic heterocycles. The zero-order valence-electron chi connectivity index (χ0n) is 12.5. The smallest absolute Gasteiger partial charge is 0.233 e. The van der Waals surface area contributed by atoms with E-state index in [1.807, 2.05) is 13.8 Å². The van der Waals surface area contributed by atoms with Crippen molar-refractivity contribution in [3.63, 3.8) is 0 Å². The summed E-state index contributed by atoms with van der Waals surface area (Å²) in [5.41, 5.74) is 0. The fourth-order valence-corrected chi connectivity index (χ4v) is 4.59. The summed E-state index contributed by atoms with van der Waals surface area (Å²) in [6.07, 6.45) is 3.60. The molecule has 1 aliphatic carbocycles. The number of thioether (sulfide) groups is 1. The minimum Gasteiger partial charge on any atom is -0.352 e. The predicted molar refractivity (Wildman–Crippen MR) is 84.1 cm³/mol. The SMILES string of the molecule is Cc1nnc(S[C@@H](C)C(=O)N[C@H]2CCC[C@H](C)[C@@H]2C)s1. The third-order valence-electron chi connectivity index (χ3n) is 4.19. The fourth-order valence-electron chi connectivity index (χ4n) is 2.62. The zero-order valence-corrected chi connectivity index (χ0v) is 14.2. The molecule has 6 heteroatoms. The Kier molecular flexibility index (Phi) is 5.43. The van der Waals surface area contributed by atoms with Gasteiger partial charge in [0.2, 0.25) is 5.91 Å². The Morgan fingerprint density at radius 3 is 2.80 bits per heavy atom. The van der Waals surface area contributed by atoms with Crippen molar-refractivity contribution in [3.05, 3.63) is 5.01 Å². The molecule has 0 bridgehead atoms. The number of hydrogen-bond acceptors (Lipinski definition) is 5. The molecule has 0 aromatic carbocycles. The summed E-state index contributed by atoms with van der Waals surface area (Å²) in [5.74, 6) is 1.38. The molecule has 0 unspecified atom stereocenters. The first-order chi connectivity index (χ1) is 9.47. The Bertz CT molecular complexity index is 463. The number of hydrogen-bond donors (Lipinski definition) is 1. The van der Waals surface area contributed by atoms with Gasteiger partial charge in [0.25, 0.3) is 0 Å². The predicted octanol–water partition coefficient (Wildman–Crippen LogP) is 3.27. The standard InChI is InChI=1S/C14H23N3OS2/c1-8-6-5-7-12(9(8)2)15-13(18)10(3)19-14-17-16-11(4)20-14/h8-10,12H,5-7H2,1-4H3,(H,15,18)/t8-,9-,10-,12-/m0/s1. The number of amides is 1. The van der Waals surface area contributed by atoms with Gasteiger partial charge >= 0.3 is 0 Å². The van der Waals surface area contributed by atoms with Crippen LogP contribution >= 0.6 is 23.1 Å². The van der Waals surface area contributed by atoms with Gasteiger partial charge in [-0.05, 0) is 32.1 Å². The number of carbonyl (C=O) groups is 1. The van der Waals surface area contributed by atoms with Crippen LogP contribution < -0.4 is 5.32 Å². The first-order valence-electron chi connectivity index (χ1n) is 7.24. The van der Waals surface area contributed by atoms with Crippen molar-refractivity contribution in [2.45, 2.75) is 62.6 Å². The molecule has 1 aromatic rings. The lowest BCUT2D eigenvalue weighted by molar-refractivity contribution is -0.121. The van der Waals surface area contributed by atoms with Gasteiger partial charge in [-0.3, -0.25) is 4.79 Å². The van der Waals surface area contributed by atoms with Gasteiger partial charge in [0.05, 0.1) is 5.25 Å². The van der Waals surface area contributed by atoms with Crippen LogP contribution in [0.15, 0.2) is 4.34 Å². The van der Waals surface area contributed by atoms with Crippen LogP contribution in [0.2, 0.25) is 0 Å². The first-order valence-corrected chi connectivity index (χ1v) is 8.94. The topological polar surface area (TPSA) is 54.9 Å².